The van der Waals surface area contributed by atoms with E-state index >= 15 is 0 Å². The highest BCUT2D eigenvalue weighted by atomic mass is 16.6. The molecule has 0 spiro atoms. The van der Waals surface area contributed by atoms with Gasteiger partial charge in [-0.1, -0.05) is 0 Å². The van der Waals surface area contributed by atoms with Gasteiger partial charge in [-0.25, -0.2) is 4.79 Å². The lowest BCUT2D eigenvalue weighted by Crippen LogP contribution is -2.33. The van der Waals surface area contributed by atoms with E-state index in [0.717, 1.165) is 5.56 Å². The highest BCUT2D eigenvalue weighted by Crippen LogP contribution is 2.24. The standard InChI is InChI=1S/C19H24N2O6/c1-19(2,3)27-18(25)20-8-4-5-17(24)26-11-15(22)12-6-7-14-13(9-12)10-16(23)21-14/h6-7,9H,4-5,8,10-11H2,1-3H3,(H,20,25)(H,21,23). The predicted molar refractivity (Wildman–Crippen MR) is 97.5 cm³/mol. The first-order chi connectivity index (χ1) is 12.6. The number of ketones is 1. The fourth-order valence-corrected chi connectivity index (χ4v) is 2.44. The predicted octanol–water partition coefficient (Wildman–Crippen LogP) is 2.21. The Morgan fingerprint density at radius 3 is 2.67 bits per heavy atom. The van der Waals surface area contributed by atoms with Crippen LogP contribution in [0, 0.1) is 0 Å². The number of hydrogen-bond acceptors (Lipinski definition) is 6. The highest BCUT2D eigenvalue weighted by molar-refractivity contribution is 6.02. The number of esters is 1. The lowest BCUT2D eigenvalue weighted by Gasteiger charge is -2.19. The highest BCUT2D eigenvalue weighted by Gasteiger charge is 2.20. The zero-order chi connectivity index (χ0) is 20.0. The van der Waals surface area contributed by atoms with E-state index in [-0.39, 0.29) is 37.7 Å². The number of carbonyl (C=O) groups is 4. The maximum absolute atomic E-state index is 12.1. The molecule has 8 heteroatoms. The van der Waals surface area contributed by atoms with Crippen molar-refractivity contribution in [1.29, 1.82) is 0 Å². The molecule has 2 rings (SSSR count). The summed E-state index contributed by atoms with van der Waals surface area (Å²) in [5, 5.41) is 5.23. The van der Waals surface area contributed by atoms with E-state index in [9.17, 15) is 19.2 Å². The molecule has 8 nitrogen and oxygen atoms in total. The van der Waals surface area contributed by atoms with E-state index in [1.807, 2.05) is 0 Å². The molecule has 146 valence electrons. The number of fused-ring (bicyclic) bond motifs is 1. The van der Waals surface area contributed by atoms with Crippen LogP contribution in [0.5, 0.6) is 0 Å². The Morgan fingerprint density at radius 1 is 1.22 bits per heavy atom. The lowest BCUT2D eigenvalue weighted by molar-refractivity contribution is -0.142. The Morgan fingerprint density at radius 2 is 1.96 bits per heavy atom. The molecule has 0 atom stereocenters. The summed E-state index contributed by atoms with van der Waals surface area (Å²) in [4.78, 5) is 46.6. The van der Waals surface area contributed by atoms with Crippen LogP contribution < -0.4 is 10.6 Å². The molecule has 0 unspecified atom stereocenters. The van der Waals surface area contributed by atoms with E-state index < -0.39 is 17.7 Å². The topological polar surface area (TPSA) is 111 Å². The molecule has 0 aromatic heterocycles. The second kappa shape index (κ2) is 8.66. The number of benzene rings is 1. The first-order valence-corrected chi connectivity index (χ1v) is 8.72. The first kappa shape index (κ1) is 20.4. The summed E-state index contributed by atoms with van der Waals surface area (Å²) in [6, 6.07) is 4.89. The zero-order valence-corrected chi connectivity index (χ0v) is 15.7. The van der Waals surface area contributed by atoms with E-state index in [4.69, 9.17) is 9.47 Å². The Labute approximate surface area is 157 Å². The minimum atomic E-state index is -0.579. The Hall–Kier alpha value is -2.90. The second-order valence-electron chi connectivity index (χ2n) is 7.21. The smallest absolute Gasteiger partial charge is 0.407 e. The molecule has 27 heavy (non-hydrogen) atoms. The van der Waals surface area contributed by atoms with Crippen LogP contribution in [0.2, 0.25) is 0 Å². The minimum absolute atomic E-state index is 0.0751. The molecule has 0 radical (unpaired) electrons. The van der Waals surface area contributed by atoms with Crippen LogP contribution in [0.15, 0.2) is 18.2 Å². The number of rotatable bonds is 7. The molecule has 0 fully saturated rings. The molecule has 1 aromatic rings. The maximum Gasteiger partial charge on any atom is 0.407 e. The molecular formula is C19H24N2O6. The Bertz CT molecular complexity index is 751. The maximum atomic E-state index is 12.1. The zero-order valence-electron chi connectivity index (χ0n) is 15.7. The minimum Gasteiger partial charge on any atom is -0.457 e. The molecule has 2 amide bonds. The summed E-state index contributed by atoms with van der Waals surface area (Å²) < 4.78 is 10.0. The van der Waals surface area contributed by atoms with E-state index in [1.54, 1.807) is 39.0 Å². The molecule has 0 bridgehead atoms. The van der Waals surface area contributed by atoms with Crippen LogP contribution in [0.3, 0.4) is 0 Å². The van der Waals surface area contributed by atoms with Gasteiger partial charge in [-0.15, -0.1) is 0 Å². The monoisotopic (exact) mass is 376 g/mol. The number of amides is 2. The van der Waals surface area contributed by atoms with Crippen molar-refractivity contribution < 1.29 is 28.7 Å². The molecule has 1 heterocycles. The Balaban J connectivity index is 1.67. The van der Waals surface area contributed by atoms with E-state index in [0.29, 0.717) is 17.7 Å². The second-order valence-corrected chi connectivity index (χ2v) is 7.21. The summed E-state index contributed by atoms with van der Waals surface area (Å²) in [6.45, 7) is 5.19. The van der Waals surface area contributed by atoms with Crippen LogP contribution in [0.4, 0.5) is 10.5 Å². The molecular weight excluding hydrogens is 352 g/mol. The number of anilines is 1. The van der Waals surface area contributed by atoms with Gasteiger partial charge in [0, 0.05) is 24.2 Å². The van der Waals surface area contributed by atoms with Gasteiger partial charge in [-0.05, 0) is 51.0 Å². The number of Topliss-reactive ketones (excluding diaryl/α,β-unsaturated/α-hetero) is 1. The van der Waals surface area contributed by atoms with Gasteiger partial charge in [0.15, 0.2) is 12.4 Å². The van der Waals surface area contributed by atoms with Crippen molar-refractivity contribution in [2.24, 2.45) is 0 Å². The van der Waals surface area contributed by atoms with Crippen molar-refractivity contribution in [1.82, 2.24) is 5.32 Å². The van der Waals surface area contributed by atoms with Gasteiger partial charge in [0.1, 0.15) is 5.60 Å². The SMILES string of the molecule is CC(C)(C)OC(=O)NCCCC(=O)OCC(=O)c1ccc2c(c1)CC(=O)N2. The normalized spacial score (nSPS) is 12.8. The van der Waals surface area contributed by atoms with Crippen molar-refractivity contribution in [2.45, 2.75) is 45.6 Å². The van der Waals surface area contributed by atoms with Crippen LogP contribution in [0.25, 0.3) is 0 Å². The van der Waals surface area contributed by atoms with Gasteiger partial charge in [0.05, 0.1) is 6.42 Å². The van der Waals surface area contributed by atoms with Crippen molar-refractivity contribution >= 4 is 29.4 Å². The fraction of sp³-hybridized carbons (Fsp3) is 0.474. The summed E-state index contributed by atoms with van der Waals surface area (Å²) in [6.07, 6.45) is 0.140. The average Bonchev–Trinajstić information content (AvgIpc) is 2.94. The van der Waals surface area contributed by atoms with Gasteiger partial charge in [-0.2, -0.15) is 0 Å². The van der Waals surface area contributed by atoms with Crippen LogP contribution in [-0.4, -0.2) is 42.5 Å². The summed E-state index contributed by atoms with van der Waals surface area (Å²) in [5.74, 6) is -0.967. The van der Waals surface area contributed by atoms with Crippen molar-refractivity contribution in [3.8, 4) is 0 Å². The van der Waals surface area contributed by atoms with E-state index in [2.05, 4.69) is 10.6 Å². The quantitative estimate of drug-likeness (QED) is 0.429. The molecule has 0 aliphatic carbocycles. The van der Waals surface area contributed by atoms with E-state index in [1.165, 1.54) is 0 Å². The fourth-order valence-electron chi connectivity index (χ4n) is 2.44. The largest absolute Gasteiger partial charge is 0.457 e. The molecule has 2 N–H and O–H groups in total. The van der Waals surface area contributed by atoms with Gasteiger partial charge in [-0.3, -0.25) is 14.4 Å². The van der Waals surface area contributed by atoms with Crippen molar-refractivity contribution in [2.75, 3.05) is 18.5 Å². The lowest BCUT2D eigenvalue weighted by atomic mass is 10.1. The summed E-state index contributed by atoms with van der Waals surface area (Å²) in [7, 11) is 0. The van der Waals surface area contributed by atoms with Crippen molar-refractivity contribution in [3.05, 3.63) is 29.3 Å². The van der Waals surface area contributed by atoms with Crippen LogP contribution in [0.1, 0.15) is 49.5 Å². The van der Waals surface area contributed by atoms with Crippen LogP contribution >= 0.6 is 0 Å². The number of nitrogens with one attached hydrogen (secondary N) is 2. The van der Waals surface area contributed by atoms with Crippen molar-refractivity contribution in [3.63, 3.8) is 0 Å². The first-order valence-electron chi connectivity index (χ1n) is 8.72. The molecule has 0 saturated carbocycles. The Kier molecular flexibility index (Phi) is 6.55. The molecule has 1 aromatic carbocycles. The van der Waals surface area contributed by atoms with Gasteiger partial charge >= 0.3 is 12.1 Å². The van der Waals surface area contributed by atoms with Crippen LogP contribution in [-0.2, 0) is 25.5 Å². The molecule has 0 saturated heterocycles. The molecule has 1 aliphatic heterocycles. The van der Waals surface area contributed by atoms with Gasteiger partial charge in [0.25, 0.3) is 0 Å². The average molecular weight is 376 g/mol. The third-order valence-corrected chi connectivity index (χ3v) is 3.64. The number of ether oxygens (including phenoxy) is 2. The van der Waals surface area contributed by atoms with Gasteiger partial charge < -0.3 is 20.1 Å². The number of carbonyl (C=O) groups excluding carboxylic acids is 4. The molecule has 1 aliphatic rings. The third kappa shape index (κ3) is 6.73. The third-order valence-electron chi connectivity index (χ3n) is 3.64. The number of hydrogen-bond donors (Lipinski definition) is 2. The summed E-state index contributed by atoms with van der Waals surface area (Å²) in [5.41, 5.74) is 1.27. The van der Waals surface area contributed by atoms with Gasteiger partial charge in [0.2, 0.25) is 5.91 Å². The summed E-state index contributed by atoms with van der Waals surface area (Å²) >= 11 is 0. The number of alkyl carbamates (subject to hydrolysis) is 1.